The molecule has 10 nitrogen and oxygen atoms in total. The van der Waals surface area contributed by atoms with Crippen molar-refractivity contribution in [2.24, 2.45) is 5.18 Å². The van der Waals surface area contributed by atoms with Gasteiger partial charge in [-0.1, -0.05) is 30.3 Å². The Morgan fingerprint density at radius 2 is 1.88 bits per heavy atom. The Morgan fingerprint density at radius 3 is 2.47 bits per heavy atom. The zero-order valence-corrected chi connectivity index (χ0v) is 18.8. The van der Waals surface area contributed by atoms with Gasteiger partial charge in [0.1, 0.15) is 10.5 Å². The van der Waals surface area contributed by atoms with Gasteiger partial charge in [-0.25, -0.2) is 4.79 Å². The molecule has 0 unspecified atom stereocenters. The Kier molecular flexibility index (Phi) is 8.85. The highest BCUT2D eigenvalue weighted by atomic mass is 32.2. The lowest BCUT2D eigenvalue weighted by molar-refractivity contribution is -0.387. The topological polar surface area (TPSA) is 131 Å². The molecule has 1 N–H and O–H groups in total. The van der Waals surface area contributed by atoms with Crippen molar-refractivity contribution < 1.29 is 19.2 Å². The van der Waals surface area contributed by atoms with Crippen molar-refractivity contribution in [3.8, 4) is 0 Å². The predicted octanol–water partition coefficient (Wildman–Crippen LogP) is 4.54. The largest absolute Gasteiger partial charge is 0.444 e. The van der Waals surface area contributed by atoms with Crippen molar-refractivity contribution in [2.45, 2.75) is 37.8 Å². The van der Waals surface area contributed by atoms with Crippen molar-refractivity contribution in [3.63, 3.8) is 0 Å². The second-order valence-corrected chi connectivity index (χ2v) is 8.65. The van der Waals surface area contributed by atoms with Gasteiger partial charge in [0.25, 0.3) is 5.69 Å². The number of hydrogen-bond acceptors (Lipinski definition) is 8. The summed E-state index contributed by atoms with van der Waals surface area (Å²) in [5, 5.41) is 13.6. The molecule has 0 aliphatic heterocycles. The zero-order valence-electron chi connectivity index (χ0n) is 17.9. The van der Waals surface area contributed by atoms with Crippen molar-refractivity contribution >= 4 is 29.6 Å². The molecule has 0 spiro atoms. The number of nitrogens with one attached hydrogen (secondary N) is 1. The minimum absolute atomic E-state index is 0.157. The molecule has 32 heavy (non-hydrogen) atoms. The van der Waals surface area contributed by atoms with Crippen molar-refractivity contribution in [3.05, 3.63) is 74.7 Å². The summed E-state index contributed by atoms with van der Waals surface area (Å²) in [5.41, 5.74) is -0.198. The van der Waals surface area contributed by atoms with Gasteiger partial charge in [0.05, 0.1) is 10.5 Å². The molecule has 0 fully saturated rings. The van der Waals surface area contributed by atoms with E-state index in [1.54, 1.807) is 25.7 Å². The van der Waals surface area contributed by atoms with E-state index in [2.05, 4.69) is 9.90 Å². The SMILES string of the molecule is CC(C)(C)OC(=O)N(CCNSc1ccc(C(=O)N=O)cc1[N+](=O)[O-])Cc1ccccc1. The van der Waals surface area contributed by atoms with Gasteiger partial charge in [-0.3, -0.25) is 19.6 Å². The summed E-state index contributed by atoms with van der Waals surface area (Å²) >= 11 is 0.986. The van der Waals surface area contributed by atoms with Crippen LogP contribution in [0.5, 0.6) is 0 Å². The summed E-state index contributed by atoms with van der Waals surface area (Å²) in [7, 11) is 0. The van der Waals surface area contributed by atoms with E-state index in [4.69, 9.17) is 4.74 Å². The van der Waals surface area contributed by atoms with E-state index in [-0.39, 0.29) is 22.7 Å². The van der Waals surface area contributed by atoms with Gasteiger partial charge < -0.3 is 9.64 Å². The number of amides is 2. The Bertz CT molecular complexity index is 978. The van der Waals surface area contributed by atoms with Crippen LogP contribution in [0.3, 0.4) is 0 Å². The molecule has 0 aliphatic rings. The molecule has 0 atom stereocenters. The normalized spacial score (nSPS) is 11.0. The van der Waals surface area contributed by atoms with Crippen molar-refractivity contribution in [1.29, 1.82) is 0 Å². The van der Waals surface area contributed by atoms with Gasteiger partial charge in [0.15, 0.2) is 0 Å². The van der Waals surface area contributed by atoms with E-state index in [1.165, 1.54) is 12.1 Å². The number of carbonyl (C=O) groups is 2. The summed E-state index contributed by atoms with van der Waals surface area (Å²) in [4.78, 5) is 46.9. The third-order valence-corrected chi connectivity index (χ3v) is 4.93. The van der Waals surface area contributed by atoms with Crippen LogP contribution in [-0.2, 0) is 11.3 Å². The monoisotopic (exact) mass is 460 g/mol. The number of nitro groups is 1. The van der Waals surface area contributed by atoms with Crippen LogP contribution in [0.2, 0.25) is 0 Å². The van der Waals surface area contributed by atoms with Crippen LogP contribution in [0.1, 0.15) is 36.7 Å². The quantitative estimate of drug-likeness (QED) is 0.190. The summed E-state index contributed by atoms with van der Waals surface area (Å²) in [6.07, 6.45) is -0.469. The van der Waals surface area contributed by atoms with Crippen LogP contribution in [0.4, 0.5) is 10.5 Å². The van der Waals surface area contributed by atoms with Gasteiger partial charge in [-0.05, 0) is 50.4 Å². The average Bonchev–Trinajstić information content (AvgIpc) is 2.74. The fourth-order valence-electron chi connectivity index (χ4n) is 2.61. The Balaban J connectivity index is 2.04. The van der Waals surface area contributed by atoms with Gasteiger partial charge in [-0.15, -0.1) is 4.91 Å². The number of hydrogen-bond donors (Lipinski definition) is 1. The molecule has 2 rings (SSSR count). The average molecular weight is 461 g/mol. The van der Waals surface area contributed by atoms with Gasteiger partial charge in [0.2, 0.25) is 0 Å². The molecule has 2 aromatic carbocycles. The van der Waals surface area contributed by atoms with Gasteiger partial charge in [-0.2, -0.15) is 0 Å². The molecule has 0 saturated carbocycles. The fraction of sp³-hybridized carbons (Fsp3) is 0.333. The molecule has 2 aromatic rings. The highest BCUT2D eigenvalue weighted by molar-refractivity contribution is 7.97. The molecular weight excluding hydrogens is 436 g/mol. The number of carbonyl (C=O) groups excluding carboxylic acids is 2. The van der Waals surface area contributed by atoms with Crippen LogP contribution < -0.4 is 4.72 Å². The van der Waals surface area contributed by atoms with Crippen LogP contribution in [-0.4, -0.2) is 40.5 Å². The van der Waals surface area contributed by atoms with Gasteiger partial charge >= 0.3 is 12.0 Å². The highest BCUT2D eigenvalue weighted by Gasteiger charge is 2.23. The highest BCUT2D eigenvalue weighted by Crippen LogP contribution is 2.28. The van der Waals surface area contributed by atoms with E-state index in [0.717, 1.165) is 23.6 Å². The van der Waals surface area contributed by atoms with Gasteiger partial charge in [0, 0.05) is 30.9 Å². The first-order valence-corrected chi connectivity index (χ1v) is 10.5. The zero-order chi connectivity index (χ0) is 23.7. The standard InChI is InChI=1S/C21H24N4O6S/c1-21(2,3)31-20(27)24(14-15-7-5-4-6-8-15)12-11-22-32-18-10-9-16(19(26)23-28)13-17(18)25(29)30/h4-10,13,22H,11-12,14H2,1-3H3. The maximum Gasteiger partial charge on any atom is 0.410 e. The lowest BCUT2D eigenvalue weighted by Gasteiger charge is -2.27. The van der Waals surface area contributed by atoms with Crippen LogP contribution in [0.15, 0.2) is 58.6 Å². The lowest BCUT2D eigenvalue weighted by Crippen LogP contribution is -2.39. The minimum atomic E-state index is -1.08. The maximum atomic E-state index is 12.6. The Morgan fingerprint density at radius 1 is 1.19 bits per heavy atom. The van der Waals surface area contributed by atoms with E-state index in [0.29, 0.717) is 13.1 Å². The van der Waals surface area contributed by atoms with Crippen LogP contribution in [0, 0.1) is 15.0 Å². The number of benzene rings is 2. The fourth-order valence-corrected chi connectivity index (χ4v) is 3.33. The minimum Gasteiger partial charge on any atom is -0.444 e. The molecule has 11 heteroatoms. The first-order valence-electron chi connectivity index (χ1n) is 9.68. The molecule has 0 radical (unpaired) electrons. The second-order valence-electron chi connectivity index (χ2n) is 7.72. The molecule has 2 amide bonds. The molecule has 0 aromatic heterocycles. The lowest BCUT2D eigenvalue weighted by atomic mass is 10.2. The number of nitro benzene ring substituents is 1. The molecule has 0 aliphatic carbocycles. The number of nitroso groups, excluding NO2 is 1. The van der Waals surface area contributed by atoms with E-state index >= 15 is 0 Å². The molecule has 170 valence electrons. The van der Waals surface area contributed by atoms with Crippen molar-refractivity contribution in [2.75, 3.05) is 13.1 Å². The molecule has 0 saturated heterocycles. The third-order valence-electron chi connectivity index (χ3n) is 4.02. The van der Waals surface area contributed by atoms with E-state index < -0.39 is 22.5 Å². The summed E-state index contributed by atoms with van der Waals surface area (Å²) < 4.78 is 8.47. The molecule has 0 bridgehead atoms. The first-order chi connectivity index (χ1) is 15.1. The first kappa shape index (κ1) is 25.0. The van der Waals surface area contributed by atoms with Crippen LogP contribution >= 0.6 is 11.9 Å². The molecule has 0 heterocycles. The Hall–Kier alpha value is -3.31. The number of rotatable bonds is 9. The van der Waals surface area contributed by atoms with E-state index in [9.17, 15) is 24.6 Å². The van der Waals surface area contributed by atoms with E-state index in [1.807, 2.05) is 30.3 Å². The second kappa shape index (κ2) is 11.3. The number of ether oxygens (including phenoxy) is 1. The number of nitrogens with zero attached hydrogens (tertiary/aromatic N) is 3. The Labute approximate surface area is 189 Å². The van der Waals surface area contributed by atoms with Crippen molar-refractivity contribution in [1.82, 2.24) is 9.62 Å². The summed E-state index contributed by atoms with van der Waals surface area (Å²) in [6, 6.07) is 13.1. The van der Waals surface area contributed by atoms with Crippen LogP contribution in [0.25, 0.3) is 0 Å². The maximum absolute atomic E-state index is 12.6. The summed E-state index contributed by atoms with van der Waals surface area (Å²) in [5.74, 6) is -1.08. The predicted molar refractivity (Wildman–Crippen MR) is 120 cm³/mol. The smallest absolute Gasteiger partial charge is 0.410 e. The third kappa shape index (κ3) is 7.75. The molecular formula is C21H24N4O6S. The summed E-state index contributed by atoms with van der Waals surface area (Å²) in [6.45, 7) is 6.30.